The molecule has 3 heterocycles. The second-order valence-corrected chi connectivity index (χ2v) is 8.78. The molecule has 0 N–H and O–H groups in total. The van der Waals surface area contributed by atoms with Gasteiger partial charge in [0.1, 0.15) is 10.8 Å². The van der Waals surface area contributed by atoms with Crippen LogP contribution in [0, 0.1) is 0 Å². The minimum atomic E-state index is 0.0517. The van der Waals surface area contributed by atoms with Crippen molar-refractivity contribution in [2.45, 2.75) is 44.2 Å². The highest BCUT2D eigenvalue weighted by Crippen LogP contribution is 2.37. The van der Waals surface area contributed by atoms with Crippen molar-refractivity contribution in [2.75, 3.05) is 13.1 Å². The predicted octanol–water partition coefficient (Wildman–Crippen LogP) is 3.42. The van der Waals surface area contributed by atoms with Gasteiger partial charge in [-0.2, -0.15) is 5.10 Å². The average Bonchev–Trinajstić information content (AvgIpc) is 3.38. The third-order valence-corrected chi connectivity index (χ3v) is 6.75. The SMILES string of the molecule is Cn1nc(C2CCN(Cc3csc(-c4ccccc4)n3)CC2)n(C2CC2)c1=O. The van der Waals surface area contributed by atoms with Crippen LogP contribution in [0.1, 0.15) is 49.2 Å². The van der Waals surface area contributed by atoms with Gasteiger partial charge in [0.25, 0.3) is 0 Å². The fourth-order valence-corrected chi connectivity index (χ4v) is 4.94. The molecule has 28 heavy (non-hydrogen) atoms. The van der Waals surface area contributed by atoms with E-state index in [2.05, 4.69) is 39.6 Å². The van der Waals surface area contributed by atoms with E-state index in [1.54, 1.807) is 18.4 Å². The zero-order valence-corrected chi connectivity index (χ0v) is 16.9. The number of rotatable bonds is 5. The van der Waals surface area contributed by atoms with Crippen LogP contribution in [-0.2, 0) is 13.6 Å². The maximum Gasteiger partial charge on any atom is 0.345 e. The first-order valence-corrected chi connectivity index (χ1v) is 10.9. The smallest absolute Gasteiger partial charge is 0.297 e. The molecule has 2 aliphatic rings. The van der Waals surface area contributed by atoms with Gasteiger partial charge in [-0.1, -0.05) is 30.3 Å². The molecule has 146 valence electrons. The quantitative estimate of drug-likeness (QED) is 0.664. The van der Waals surface area contributed by atoms with E-state index in [1.165, 1.54) is 10.2 Å². The zero-order chi connectivity index (χ0) is 19.1. The van der Waals surface area contributed by atoms with Gasteiger partial charge in [-0.3, -0.25) is 9.47 Å². The summed E-state index contributed by atoms with van der Waals surface area (Å²) in [5.41, 5.74) is 2.39. The molecule has 1 aromatic carbocycles. The van der Waals surface area contributed by atoms with Gasteiger partial charge in [0.05, 0.1) is 5.69 Å². The molecule has 0 spiro atoms. The van der Waals surface area contributed by atoms with Crippen LogP contribution in [0.25, 0.3) is 10.6 Å². The summed E-state index contributed by atoms with van der Waals surface area (Å²) in [6.45, 7) is 2.95. The normalized spacial score (nSPS) is 18.6. The molecule has 7 heteroatoms. The van der Waals surface area contributed by atoms with Gasteiger partial charge in [0, 0.05) is 36.5 Å². The Balaban J connectivity index is 1.23. The summed E-state index contributed by atoms with van der Waals surface area (Å²) in [7, 11) is 1.77. The zero-order valence-electron chi connectivity index (χ0n) is 16.1. The number of benzene rings is 1. The Hall–Kier alpha value is -2.25. The van der Waals surface area contributed by atoms with Crippen molar-refractivity contribution in [3.63, 3.8) is 0 Å². The van der Waals surface area contributed by atoms with E-state index in [1.807, 2.05) is 10.6 Å². The number of aryl methyl sites for hydroxylation is 1. The number of aromatic nitrogens is 4. The van der Waals surface area contributed by atoms with Crippen LogP contribution < -0.4 is 5.69 Å². The van der Waals surface area contributed by atoms with Crippen LogP contribution in [0.2, 0.25) is 0 Å². The number of nitrogens with zero attached hydrogens (tertiary/aromatic N) is 5. The number of thiazole rings is 1. The van der Waals surface area contributed by atoms with Gasteiger partial charge in [0.2, 0.25) is 0 Å². The molecule has 0 bridgehead atoms. The van der Waals surface area contributed by atoms with Crippen molar-refractivity contribution >= 4 is 11.3 Å². The summed E-state index contributed by atoms with van der Waals surface area (Å²) >= 11 is 1.72. The van der Waals surface area contributed by atoms with Crippen molar-refractivity contribution in [1.82, 2.24) is 24.2 Å². The van der Waals surface area contributed by atoms with E-state index in [0.29, 0.717) is 12.0 Å². The third-order valence-electron chi connectivity index (χ3n) is 5.81. The molecule has 0 unspecified atom stereocenters. The van der Waals surface area contributed by atoms with E-state index in [9.17, 15) is 4.79 Å². The topological polar surface area (TPSA) is 56.0 Å². The summed E-state index contributed by atoms with van der Waals surface area (Å²) in [4.78, 5) is 19.7. The van der Waals surface area contributed by atoms with Gasteiger partial charge in [-0.05, 0) is 38.8 Å². The van der Waals surface area contributed by atoms with E-state index >= 15 is 0 Å². The summed E-state index contributed by atoms with van der Waals surface area (Å²) in [6, 6.07) is 10.8. The fraction of sp³-hybridized carbons (Fsp3) is 0.476. The minimum Gasteiger partial charge on any atom is -0.297 e. The first-order chi connectivity index (χ1) is 13.7. The molecule has 6 nitrogen and oxygen atoms in total. The Morgan fingerprint density at radius 2 is 1.86 bits per heavy atom. The highest BCUT2D eigenvalue weighted by atomic mass is 32.1. The number of hydrogen-bond acceptors (Lipinski definition) is 5. The number of piperidine rings is 1. The molecule has 0 amide bonds. The molecule has 1 aliphatic heterocycles. The lowest BCUT2D eigenvalue weighted by Gasteiger charge is -2.31. The summed E-state index contributed by atoms with van der Waals surface area (Å²) in [6.07, 6.45) is 4.34. The van der Waals surface area contributed by atoms with Crippen LogP contribution in [0.5, 0.6) is 0 Å². The lowest BCUT2D eigenvalue weighted by atomic mass is 9.95. The van der Waals surface area contributed by atoms with Crippen molar-refractivity contribution < 1.29 is 0 Å². The van der Waals surface area contributed by atoms with Gasteiger partial charge in [0.15, 0.2) is 0 Å². The van der Waals surface area contributed by atoms with Gasteiger partial charge in [-0.25, -0.2) is 14.5 Å². The Morgan fingerprint density at radius 1 is 1.11 bits per heavy atom. The fourth-order valence-electron chi connectivity index (χ4n) is 4.12. The molecule has 3 aromatic rings. The van der Waals surface area contributed by atoms with Crippen LogP contribution >= 0.6 is 11.3 Å². The first kappa shape index (κ1) is 17.8. The van der Waals surface area contributed by atoms with Crippen molar-refractivity contribution in [3.8, 4) is 10.6 Å². The molecule has 1 saturated carbocycles. The molecule has 0 atom stereocenters. The Bertz CT molecular complexity index is 1010. The number of likely N-dealkylation sites (tertiary alicyclic amines) is 1. The Morgan fingerprint density at radius 3 is 2.57 bits per heavy atom. The lowest BCUT2D eigenvalue weighted by Crippen LogP contribution is -2.34. The predicted molar refractivity (Wildman–Crippen MR) is 111 cm³/mol. The van der Waals surface area contributed by atoms with E-state index in [4.69, 9.17) is 4.98 Å². The van der Waals surface area contributed by atoms with Crippen molar-refractivity contribution in [1.29, 1.82) is 0 Å². The number of hydrogen-bond donors (Lipinski definition) is 0. The second-order valence-electron chi connectivity index (χ2n) is 7.93. The highest BCUT2D eigenvalue weighted by molar-refractivity contribution is 7.13. The van der Waals surface area contributed by atoms with Gasteiger partial charge >= 0.3 is 5.69 Å². The Labute approximate surface area is 168 Å². The summed E-state index contributed by atoms with van der Waals surface area (Å²) in [5.74, 6) is 1.40. The molecule has 5 rings (SSSR count). The lowest BCUT2D eigenvalue weighted by molar-refractivity contribution is 0.198. The molecule has 2 fully saturated rings. The largest absolute Gasteiger partial charge is 0.345 e. The van der Waals surface area contributed by atoms with E-state index in [0.717, 1.165) is 61.8 Å². The average molecular weight is 396 g/mol. The van der Waals surface area contributed by atoms with Crippen LogP contribution in [0.15, 0.2) is 40.5 Å². The van der Waals surface area contributed by atoms with Crippen LogP contribution in [0.3, 0.4) is 0 Å². The Kier molecular flexibility index (Phi) is 4.64. The maximum atomic E-state index is 12.4. The van der Waals surface area contributed by atoms with Crippen LogP contribution in [0.4, 0.5) is 0 Å². The third kappa shape index (κ3) is 3.44. The molecule has 0 radical (unpaired) electrons. The molecule has 2 aromatic heterocycles. The minimum absolute atomic E-state index is 0.0517. The van der Waals surface area contributed by atoms with E-state index < -0.39 is 0 Å². The monoisotopic (exact) mass is 395 g/mol. The van der Waals surface area contributed by atoms with Crippen molar-refractivity contribution in [2.24, 2.45) is 7.05 Å². The van der Waals surface area contributed by atoms with Crippen LogP contribution in [-0.4, -0.2) is 37.3 Å². The van der Waals surface area contributed by atoms with Gasteiger partial charge < -0.3 is 0 Å². The molecular weight excluding hydrogens is 370 g/mol. The van der Waals surface area contributed by atoms with Gasteiger partial charge in [-0.15, -0.1) is 11.3 Å². The summed E-state index contributed by atoms with van der Waals surface area (Å²) in [5, 5.41) is 7.85. The molecule has 1 saturated heterocycles. The van der Waals surface area contributed by atoms with Crippen molar-refractivity contribution in [3.05, 3.63) is 57.7 Å². The molecular formula is C21H25N5OS. The summed E-state index contributed by atoms with van der Waals surface area (Å²) < 4.78 is 3.48. The standard InChI is InChI=1S/C21H25N5OS/c1-24-21(27)26(18-7-8-18)19(23-24)15-9-11-25(12-10-15)13-17-14-28-20(22-17)16-5-3-2-4-6-16/h2-6,14-15,18H,7-13H2,1H3. The maximum absolute atomic E-state index is 12.4. The molecule has 1 aliphatic carbocycles. The highest BCUT2D eigenvalue weighted by Gasteiger charge is 2.33. The second kappa shape index (κ2) is 7.29. The first-order valence-electron chi connectivity index (χ1n) is 10.1. The van der Waals surface area contributed by atoms with E-state index in [-0.39, 0.29) is 5.69 Å².